The molecule has 21 heavy (non-hydrogen) atoms. The Hall–Kier alpha value is -0.970. The van der Waals surface area contributed by atoms with Crippen LogP contribution < -0.4 is 15.2 Å². The summed E-state index contributed by atoms with van der Waals surface area (Å²) in [5, 5.41) is 0.645. The zero-order valence-corrected chi connectivity index (χ0v) is 13.2. The van der Waals surface area contributed by atoms with Gasteiger partial charge >= 0.3 is 0 Å². The minimum atomic E-state index is 0.327. The second-order valence-corrected chi connectivity index (χ2v) is 6.53. The van der Waals surface area contributed by atoms with E-state index in [4.69, 9.17) is 26.8 Å². The van der Waals surface area contributed by atoms with Crippen molar-refractivity contribution in [3.05, 3.63) is 22.7 Å². The first-order chi connectivity index (χ1) is 10.1. The number of piperidine rings is 1. The van der Waals surface area contributed by atoms with Crippen LogP contribution in [0.4, 0.5) is 0 Å². The molecule has 0 aliphatic carbocycles. The van der Waals surface area contributed by atoms with Gasteiger partial charge in [0.15, 0.2) is 11.5 Å². The van der Waals surface area contributed by atoms with Gasteiger partial charge < -0.3 is 15.2 Å². The highest BCUT2D eigenvalue weighted by molar-refractivity contribution is 6.32. The summed E-state index contributed by atoms with van der Waals surface area (Å²) in [6.45, 7) is 6.52. The Balaban J connectivity index is 1.74. The van der Waals surface area contributed by atoms with Crippen molar-refractivity contribution in [2.24, 2.45) is 11.7 Å². The smallest absolute Gasteiger partial charge is 0.179 e. The summed E-state index contributed by atoms with van der Waals surface area (Å²) in [5.41, 5.74) is 7.26. The average molecular weight is 311 g/mol. The van der Waals surface area contributed by atoms with Crippen LogP contribution in [0.3, 0.4) is 0 Å². The number of benzene rings is 1. The van der Waals surface area contributed by atoms with Gasteiger partial charge in [0, 0.05) is 25.6 Å². The van der Waals surface area contributed by atoms with Gasteiger partial charge in [0.2, 0.25) is 0 Å². The monoisotopic (exact) mass is 310 g/mol. The molecule has 1 fully saturated rings. The molecule has 0 amide bonds. The van der Waals surface area contributed by atoms with E-state index in [0.717, 1.165) is 38.2 Å². The lowest BCUT2D eigenvalue weighted by Gasteiger charge is -2.35. The average Bonchev–Trinajstić information content (AvgIpc) is 2.69. The molecule has 2 atom stereocenters. The number of halogens is 1. The van der Waals surface area contributed by atoms with Crippen LogP contribution in [0.25, 0.3) is 0 Å². The summed E-state index contributed by atoms with van der Waals surface area (Å²) >= 11 is 6.35. The predicted octanol–water partition coefficient (Wildman–Crippen LogP) is 2.67. The number of likely N-dealkylation sites (tertiary alicyclic amines) is 1. The van der Waals surface area contributed by atoms with Crippen LogP contribution in [0.5, 0.6) is 11.5 Å². The van der Waals surface area contributed by atoms with Gasteiger partial charge in [-0.15, -0.1) is 0 Å². The zero-order chi connectivity index (χ0) is 14.8. The molecule has 1 aromatic rings. The summed E-state index contributed by atoms with van der Waals surface area (Å²) in [7, 11) is 0. The first-order valence-corrected chi connectivity index (χ1v) is 8.07. The lowest BCUT2D eigenvalue weighted by Crippen LogP contribution is -2.45. The second kappa shape index (κ2) is 6.42. The number of fused-ring (bicyclic) bond motifs is 1. The lowest BCUT2D eigenvalue weighted by molar-refractivity contribution is 0.157. The van der Waals surface area contributed by atoms with E-state index in [2.05, 4.69) is 17.9 Å². The topological polar surface area (TPSA) is 47.7 Å². The third-order valence-electron chi connectivity index (χ3n) is 4.32. The number of rotatable bonds is 2. The van der Waals surface area contributed by atoms with E-state index >= 15 is 0 Å². The summed E-state index contributed by atoms with van der Waals surface area (Å²) in [4.78, 5) is 2.43. The third-order valence-corrected chi connectivity index (χ3v) is 4.60. The van der Waals surface area contributed by atoms with Gasteiger partial charge in [-0.3, -0.25) is 4.90 Å². The van der Waals surface area contributed by atoms with Crippen LogP contribution in [0, 0.1) is 5.92 Å². The second-order valence-electron chi connectivity index (χ2n) is 6.12. The summed E-state index contributed by atoms with van der Waals surface area (Å²) < 4.78 is 11.4. The van der Waals surface area contributed by atoms with E-state index in [0.29, 0.717) is 35.9 Å². The van der Waals surface area contributed by atoms with Crippen molar-refractivity contribution in [2.75, 3.05) is 26.3 Å². The fraction of sp³-hybridized carbons (Fsp3) is 0.625. The molecule has 0 aromatic heterocycles. The highest BCUT2D eigenvalue weighted by Crippen LogP contribution is 2.38. The third kappa shape index (κ3) is 3.44. The summed E-state index contributed by atoms with van der Waals surface area (Å²) in [6, 6.07) is 4.38. The Labute approximate surface area is 131 Å². The maximum absolute atomic E-state index is 6.35. The minimum Gasteiger partial charge on any atom is -0.489 e. The SMILES string of the molecule is CC1CN(Cc2cc(Cl)c3c(c2)OCCCO3)CCC1N. The van der Waals surface area contributed by atoms with E-state index in [1.54, 1.807) is 0 Å². The standard InChI is InChI=1S/C16H23ClN2O2/c1-11-9-19(4-3-14(11)18)10-12-7-13(17)16-15(8-12)20-5-2-6-21-16/h7-8,11,14H,2-6,9-10,18H2,1H3. The quantitative estimate of drug-likeness (QED) is 0.912. The summed E-state index contributed by atoms with van der Waals surface area (Å²) in [5.74, 6) is 2.00. The van der Waals surface area contributed by atoms with Gasteiger partial charge in [-0.2, -0.15) is 0 Å². The molecule has 116 valence electrons. The van der Waals surface area contributed by atoms with Crippen molar-refractivity contribution in [3.8, 4) is 11.5 Å². The van der Waals surface area contributed by atoms with Crippen molar-refractivity contribution in [1.29, 1.82) is 0 Å². The Morgan fingerprint density at radius 2 is 2.14 bits per heavy atom. The van der Waals surface area contributed by atoms with Crippen molar-refractivity contribution < 1.29 is 9.47 Å². The van der Waals surface area contributed by atoms with Crippen LogP contribution in [-0.4, -0.2) is 37.2 Å². The highest BCUT2D eigenvalue weighted by Gasteiger charge is 2.24. The van der Waals surface area contributed by atoms with Crippen molar-refractivity contribution in [1.82, 2.24) is 4.90 Å². The van der Waals surface area contributed by atoms with Crippen molar-refractivity contribution in [2.45, 2.75) is 32.4 Å². The number of hydrogen-bond donors (Lipinski definition) is 1. The molecule has 0 radical (unpaired) electrons. The van der Waals surface area contributed by atoms with Crippen LogP contribution in [-0.2, 0) is 6.54 Å². The fourth-order valence-corrected chi connectivity index (χ4v) is 3.32. The van der Waals surface area contributed by atoms with Gasteiger partial charge in [-0.05, 0) is 36.6 Å². The zero-order valence-electron chi connectivity index (χ0n) is 12.5. The largest absolute Gasteiger partial charge is 0.489 e. The van der Waals surface area contributed by atoms with E-state index in [1.165, 1.54) is 5.56 Å². The molecule has 0 saturated carbocycles. The molecule has 2 aliphatic rings. The fourth-order valence-electron chi connectivity index (χ4n) is 3.03. The molecule has 1 aromatic carbocycles. The normalized spacial score (nSPS) is 26.4. The molecule has 0 bridgehead atoms. The van der Waals surface area contributed by atoms with Crippen LogP contribution in [0.2, 0.25) is 5.02 Å². The maximum atomic E-state index is 6.35. The van der Waals surface area contributed by atoms with E-state index < -0.39 is 0 Å². The minimum absolute atomic E-state index is 0.327. The van der Waals surface area contributed by atoms with Gasteiger partial charge in [0.05, 0.1) is 18.2 Å². The van der Waals surface area contributed by atoms with Crippen LogP contribution in [0.1, 0.15) is 25.3 Å². The number of nitrogens with zero attached hydrogens (tertiary/aromatic N) is 1. The van der Waals surface area contributed by atoms with Crippen molar-refractivity contribution >= 4 is 11.6 Å². The molecule has 0 spiro atoms. The highest BCUT2D eigenvalue weighted by atomic mass is 35.5. The number of ether oxygens (including phenoxy) is 2. The Morgan fingerprint density at radius 3 is 2.95 bits per heavy atom. The first-order valence-electron chi connectivity index (χ1n) is 7.69. The summed E-state index contributed by atoms with van der Waals surface area (Å²) in [6.07, 6.45) is 1.95. The molecule has 1 saturated heterocycles. The van der Waals surface area contributed by atoms with E-state index in [9.17, 15) is 0 Å². The molecule has 2 aliphatic heterocycles. The Bertz CT molecular complexity index is 509. The van der Waals surface area contributed by atoms with Gasteiger partial charge in [-0.1, -0.05) is 18.5 Å². The predicted molar refractivity (Wildman–Crippen MR) is 84.1 cm³/mol. The molecule has 2 unspecified atom stereocenters. The molecule has 5 heteroatoms. The molecule has 4 nitrogen and oxygen atoms in total. The van der Waals surface area contributed by atoms with Gasteiger partial charge in [-0.25, -0.2) is 0 Å². The first kappa shape index (κ1) is 14.9. The molecule has 3 rings (SSSR count). The molecule has 2 N–H and O–H groups in total. The van der Waals surface area contributed by atoms with E-state index in [1.807, 2.05) is 6.07 Å². The molecular formula is C16H23ClN2O2. The molecular weight excluding hydrogens is 288 g/mol. The Kier molecular flexibility index (Phi) is 4.57. The van der Waals surface area contributed by atoms with Crippen LogP contribution in [0.15, 0.2) is 12.1 Å². The Morgan fingerprint density at radius 1 is 1.33 bits per heavy atom. The van der Waals surface area contributed by atoms with Crippen molar-refractivity contribution in [3.63, 3.8) is 0 Å². The van der Waals surface area contributed by atoms with Gasteiger partial charge in [0.25, 0.3) is 0 Å². The lowest BCUT2D eigenvalue weighted by atomic mass is 9.94. The molecule has 2 heterocycles. The number of nitrogens with two attached hydrogens (primary N) is 1. The maximum Gasteiger partial charge on any atom is 0.179 e. The van der Waals surface area contributed by atoms with Crippen LogP contribution >= 0.6 is 11.6 Å². The van der Waals surface area contributed by atoms with E-state index in [-0.39, 0.29) is 0 Å². The number of hydrogen-bond acceptors (Lipinski definition) is 4. The van der Waals surface area contributed by atoms with Gasteiger partial charge in [0.1, 0.15) is 0 Å².